The number of hydrogen-bond acceptors (Lipinski definition) is 4. The molecule has 4 heteroatoms. The normalized spacial score (nSPS) is 10.2. The fraction of sp³-hybridized carbons (Fsp3) is 0.278. The van der Waals surface area contributed by atoms with E-state index in [1.807, 2.05) is 44.2 Å². The minimum absolute atomic E-state index is 0.00504. The molecule has 0 N–H and O–H groups in total. The molecule has 0 aliphatic heterocycles. The second-order valence-corrected chi connectivity index (χ2v) is 5.03. The summed E-state index contributed by atoms with van der Waals surface area (Å²) in [5.41, 5.74) is 2.31. The van der Waals surface area contributed by atoms with E-state index in [0.29, 0.717) is 22.8 Å². The lowest BCUT2D eigenvalue weighted by molar-refractivity contribution is 0.242. The molecule has 0 atom stereocenters. The molecule has 0 aliphatic rings. The molecule has 0 amide bonds. The van der Waals surface area contributed by atoms with Gasteiger partial charge in [0.1, 0.15) is 11.8 Å². The lowest BCUT2D eigenvalue weighted by Crippen LogP contribution is -2.07. The average molecular weight is 297 g/mol. The maximum atomic E-state index is 9.20. The topological polar surface area (TPSA) is 51.5 Å². The van der Waals surface area contributed by atoms with Crippen LogP contribution in [0.2, 0.25) is 0 Å². The van der Waals surface area contributed by atoms with E-state index in [4.69, 9.17) is 14.2 Å². The highest BCUT2D eigenvalue weighted by atomic mass is 16.5. The van der Waals surface area contributed by atoms with Crippen molar-refractivity contribution < 1.29 is 14.2 Å². The van der Waals surface area contributed by atoms with Gasteiger partial charge in [-0.2, -0.15) is 5.26 Å². The Bertz CT molecular complexity index is 702. The van der Waals surface area contributed by atoms with E-state index in [1.54, 1.807) is 20.3 Å². The van der Waals surface area contributed by atoms with Crippen LogP contribution in [-0.2, 0) is 0 Å². The standard InChI is InChI=1S/C18H19NO3/c1-12(2)22-17-10-13(8-9-14(17)11-19)15-6-5-7-16(20-3)18(15)21-4/h5-10,12H,1-4H3. The first-order valence-electron chi connectivity index (χ1n) is 7.02. The number of rotatable bonds is 5. The molecule has 2 rings (SSSR count). The number of nitrogens with zero attached hydrogens (tertiary/aromatic N) is 1. The molecule has 114 valence electrons. The summed E-state index contributed by atoms with van der Waals surface area (Å²) in [4.78, 5) is 0. The zero-order valence-electron chi connectivity index (χ0n) is 13.2. The van der Waals surface area contributed by atoms with Crippen molar-refractivity contribution in [3.63, 3.8) is 0 Å². The van der Waals surface area contributed by atoms with Crippen molar-refractivity contribution in [1.29, 1.82) is 5.26 Å². The van der Waals surface area contributed by atoms with E-state index in [1.165, 1.54) is 0 Å². The summed E-state index contributed by atoms with van der Waals surface area (Å²) in [6, 6.07) is 13.3. The summed E-state index contributed by atoms with van der Waals surface area (Å²) in [6.45, 7) is 3.86. The third-order valence-electron chi connectivity index (χ3n) is 3.18. The number of ether oxygens (including phenoxy) is 3. The molecule has 0 fully saturated rings. The SMILES string of the molecule is COc1cccc(-c2ccc(C#N)c(OC(C)C)c2)c1OC. The van der Waals surface area contributed by atoms with Crippen LogP contribution in [0.3, 0.4) is 0 Å². The second kappa shape index (κ2) is 6.86. The van der Waals surface area contributed by atoms with Gasteiger partial charge in [0.25, 0.3) is 0 Å². The van der Waals surface area contributed by atoms with Gasteiger partial charge in [-0.1, -0.05) is 18.2 Å². The third kappa shape index (κ3) is 3.15. The Labute approximate surface area is 130 Å². The number of hydrogen-bond donors (Lipinski definition) is 0. The first kappa shape index (κ1) is 15.7. The highest BCUT2D eigenvalue weighted by Crippen LogP contribution is 2.39. The Morgan fingerprint density at radius 3 is 2.36 bits per heavy atom. The summed E-state index contributed by atoms with van der Waals surface area (Å²) >= 11 is 0. The van der Waals surface area contributed by atoms with Crippen molar-refractivity contribution in [3.8, 4) is 34.4 Å². The molecule has 0 aromatic heterocycles. The fourth-order valence-corrected chi connectivity index (χ4v) is 2.25. The lowest BCUT2D eigenvalue weighted by Gasteiger charge is -2.15. The number of benzene rings is 2. The van der Waals surface area contributed by atoms with Crippen LogP contribution in [-0.4, -0.2) is 20.3 Å². The first-order valence-corrected chi connectivity index (χ1v) is 7.02. The third-order valence-corrected chi connectivity index (χ3v) is 3.18. The van der Waals surface area contributed by atoms with Crippen LogP contribution in [0.4, 0.5) is 0 Å². The molecule has 0 aliphatic carbocycles. The molecule has 0 saturated carbocycles. The maximum Gasteiger partial charge on any atom is 0.168 e. The van der Waals surface area contributed by atoms with Gasteiger partial charge in [-0.25, -0.2) is 0 Å². The maximum absolute atomic E-state index is 9.20. The van der Waals surface area contributed by atoms with Crippen LogP contribution >= 0.6 is 0 Å². The summed E-state index contributed by atoms with van der Waals surface area (Å²) in [5.74, 6) is 1.89. The van der Waals surface area contributed by atoms with E-state index < -0.39 is 0 Å². The Morgan fingerprint density at radius 2 is 1.77 bits per heavy atom. The summed E-state index contributed by atoms with van der Waals surface area (Å²) in [6.07, 6.45) is -0.00504. The van der Waals surface area contributed by atoms with Crippen LogP contribution in [0.15, 0.2) is 36.4 Å². The molecule has 0 bridgehead atoms. The van der Waals surface area contributed by atoms with E-state index in [2.05, 4.69) is 6.07 Å². The molecule has 0 saturated heterocycles. The molecule has 0 spiro atoms. The monoisotopic (exact) mass is 297 g/mol. The first-order chi connectivity index (χ1) is 10.6. The summed E-state index contributed by atoms with van der Waals surface area (Å²) < 4.78 is 16.5. The van der Waals surface area contributed by atoms with Gasteiger partial charge < -0.3 is 14.2 Å². The van der Waals surface area contributed by atoms with E-state index in [-0.39, 0.29) is 6.10 Å². The highest BCUT2D eigenvalue weighted by Gasteiger charge is 2.14. The van der Waals surface area contributed by atoms with Gasteiger partial charge in [-0.15, -0.1) is 0 Å². The van der Waals surface area contributed by atoms with Gasteiger partial charge in [0.2, 0.25) is 0 Å². The summed E-state index contributed by atoms with van der Waals surface area (Å²) in [7, 11) is 3.21. The predicted octanol–water partition coefficient (Wildman–Crippen LogP) is 4.03. The smallest absolute Gasteiger partial charge is 0.168 e. The van der Waals surface area contributed by atoms with E-state index in [9.17, 15) is 5.26 Å². The van der Waals surface area contributed by atoms with Gasteiger partial charge >= 0.3 is 0 Å². The van der Waals surface area contributed by atoms with Gasteiger partial charge in [0.05, 0.1) is 25.9 Å². The van der Waals surface area contributed by atoms with Crippen molar-refractivity contribution in [2.75, 3.05) is 14.2 Å². The summed E-state index contributed by atoms with van der Waals surface area (Å²) in [5, 5.41) is 9.20. The van der Waals surface area contributed by atoms with E-state index in [0.717, 1.165) is 11.1 Å². The zero-order valence-corrected chi connectivity index (χ0v) is 13.2. The molecule has 2 aromatic rings. The minimum Gasteiger partial charge on any atom is -0.493 e. The molecule has 22 heavy (non-hydrogen) atoms. The molecule has 4 nitrogen and oxygen atoms in total. The van der Waals surface area contributed by atoms with Crippen LogP contribution in [0, 0.1) is 11.3 Å². The molecular weight excluding hydrogens is 278 g/mol. The molecule has 0 unspecified atom stereocenters. The van der Waals surface area contributed by atoms with Crippen molar-refractivity contribution in [2.24, 2.45) is 0 Å². The highest BCUT2D eigenvalue weighted by molar-refractivity contribution is 5.75. The fourth-order valence-electron chi connectivity index (χ4n) is 2.25. The van der Waals surface area contributed by atoms with E-state index >= 15 is 0 Å². The Kier molecular flexibility index (Phi) is 4.90. The van der Waals surface area contributed by atoms with Gasteiger partial charge in [0.15, 0.2) is 11.5 Å². The average Bonchev–Trinajstić information content (AvgIpc) is 2.53. The molecule has 0 radical (unpaired) electrons. The van der Waals surface area contributed by atoms with Gasteiger partial charge in [-0.05, 0) is 37.6 Å². The van der Waals surface area contributed by atoms with Crippen LogP contribution in [0.25, 0.3) is 11.1 Å². The number of nitriles is 1. The van der Waals surface area contributed by atoms with Crippen LogP contribution < -0.4 is 14.2 Å². The van der Waals surface area contributed by atoms with Crippen molar-refractivity contribution >= 4 is 0 Å². The van der Waals surface area contributed by atoms with Crippen LogP contribution in [0.1, 0.15) is 19.4 Å². The molecule has 2 aromatic carbocycles. The van der Waals surface area contributed by atoms with Crippen molar-refractivity contribution in [2.45, 2.75) is 20.0 Å². The van der Waals surface area contributed by atoms with Gasteiger partial charge in [0, 0.05) is 5.56 Å². The molecule has 0 heterocycles. The lowest BCUT2D eigenvalue weighted by atomic mass is 10.0. The van der Waals surface area contributed by atoms with Gasteiger partial charge in [-0.3, -0.25) is 0 Å². The largest absolute Gasteiger partial charge is 0.493 e. The zero-order chi connectivity index (χ0) is 16.1. The Balaban J connectivity index is 2.56. The quantitative estimate of drug-likeness (QED) is 0.836. The van der Waals surface area contributed by atoms with Crippen molar-refractivity contribution in [3.05, 3.63) is 42.0 Å². The Morgan fingerprint density at radius 1 is 1.00 bits per heavy atom. The number of methoxy groups -OCH3 is 2. The molecular formula is C18H19NO3. The predicted molar refractivity (Wildman–Crippen MR) is 85.5 cm³/mol. The van der Waals surface area contributed by atoms with Crippen molar-refractivity contribution in [1.82, 2.24) is 0 Å². The second-order valence-electron chi connectivity index (χ2n) is 5.03. The Hall–Kier alpha value is -2.67. The minimum atomic E-state index is -0.00504. The van der Waals surface area contributed by atoms with Crippen LogP contribution in [0.5, 0.6) is 17.2 Å². The number of para-hydroxylation sites is 1.